The van der Waals surface area contributed by atoms with Crippen LogP contribution in [-0.2, 0) is 6.54 Å². The van der Waals surface area contributed by atoms with Crippen molar-refractivity contribution < 1.29 is 22.0 Å². The zero-order chi connectivity index (χ0) is 14.9. The molecular formula is C18H23Cl2NO. The Hall–Kier alpha value is -1.22. The van der Waals surface area contributed by atoms with Crippen LogP contribution in [0.2, 0.25) is 0 Å². The minimum absolute atomic E-state index is 0. The van der Waals surface area contributed by atoms with E-state index < -0.39 is 0 Å². The van der Waals surface area contributed by atoms with Crippen molar-refractivity contribution in [3.8, 4) is 5.75 Å². The third-order valence-corrected chi connectivity index (χ3v) is 3.82. The summed E-state index contributed by atoms with van der Waals surface area (Å²) >= 11 is 5.96. The summed E-state index contributed by atoms with van der Waals surface area (Å²) in [5, 5.41) is 0. The zero-order valence-corrected chi connectivity index (χ0v) is 14.4. The van der Waals surface area contributed by atoms with Crippen LogP contribution in [0.25, 0.3) is 0 Å². The Bertz CT molecular complexity index is 507. The molecule has 120 valence electrons. The molecule has 0 aliphatic heterocycles. The van der Waals surface area contributed by atoms with E-state index in [9.17, 15) is 0 Å². The lowest BCUT2D eigenvalue weighted by atomic mass is 10.2. The average molecular weight is 340 g/mol. The Kier molecular flexibility index (Phi) is 8.98. The van der Waals surface area contributed by atoms with Crippen molar-refractivity contribution in [3.63, 3.8) is 0 Å². The van der Waals surface area contributed by atoms with E-state index in [0.29, 0.717) is 18.5 Å². The third-order valence-electron chi connectivity index (χ3n) is 3.63. The molecule has 0 aromatic heterocycles. The molecule has 2 aromatic rings. The van der Waals surface area contributed by atoms with Gasteiger partial charge in [0, 0.05) is 5.56 Å². The molecule has 0 saturated heterocycles. The lowest BCUT2D eigenvalue weighted by Crippen LogP contribution is -3.15. The molecule has 0 spiro atoms. The van der Waals surface area contributed by atoms with Gasteiger partial charge in [0.1, 0.15) is 24.9 Å². The Morgan fingerprint density at radius 2 is 1.59 bits per heavy atom. The van der Waals surface area contributed by atoms with Crippen LogP contribution in [0, 0.1) is 0 Å². The predicted octanol–water partition coefficient (Wildman–Crippen LogP) is -0.218. The lowest BCUT2D eigenvalue weighted by molar-refractivity contribution is -0.934. The van der Waals surface area contributed by atoms with Gasteiger partial charge in [-0.15, -0.1) is 11.6 Å². The molecule has 0 radical (unpaired) electrons. The fourth-order valence-electron chi connectivity index (χ4n) is 2.34. The summed E-state index contributed by atoms with van der Waals surface area (Å²) in [5.41, 5.74) is 1.34. The molecule has 0 heterocycles. The molecule has 0 saturated carbocycles. The summed E-state index contributed by atoms with van der Waals surface area (Å²) in [6.45, 7) is 4.83. The molecule has 0 fully saturated rings. The standard InChI is InChI=1S/C18H22ClNO.ClH/c1-16(15-21-18-10-6-3-7-11-18)20(13-12-19)14-17-8-4-2-5-9-17;/h2-11,16H,12-15H2,1H3;1H. The van der Waals surface area contributed by atoms with Crippen molar-refractivity contribution in [3.05, 3.63) is 66.2 Å². The molecule has 22 heavy (non-hydrogen) atoms. The van der Waals surface area contributed by atoms with E-state index in [1.807, 2.05) is 36.4 Å². The van der Waals surface area contributed by atoms with Crippen molar-refractivity contribution in [2.75, 3.05) is 19.0 Å². The van der Waals surface area contributed by atoms with Crippen molar-refractivity contribution in [1.82, 2.24) is 0 Å². The molecule has 0 bridgehead atoms. The van der Waals surface area contributed by atoms with E-state index in [1.165, 1.54) is 10.5 Å². The summed E-state index contributed by atoms with van der Waals surface area (Å²) in [5.74, 6) is 1.59. The van der Waals surface area contributed by atoms with E-state index in [2.05, 4.69) is 31.2 Å². The summed E-state index contributed by atoms with van der Waals surface area (Å²) < 4.78 is 5.87. The highest BCUT2D eigenvalue weighted by atomic mass is 35.5. The first-order valence-electron chi connectivity index (χ1n) is 7.42. The maximum absolute atomic E-state index is 5.96. The van der Waals surface area contributed by atoms with E-state index in [1.54, 1.807) is 0 Å². The number of nitrogens with one attached hydrogen (secondary N) is 1. The average Bonchev–Trinajstić information content (AvgIpc) is 2.54. The fraction of sp³-hybridized carbons (Fsp3) is 0.333. The molecule has 4 heteroatoms. The van der Waals surface area contributed by atoms with Gasteiger partial charge in [-0.3, -0.25) is 0 Å². The Morgan fingerprint density at radius 1 is 1.00 bits per heavy atom. The van der Waals surface area contributed by atoms with E-state index >= 15 is 0 Å². The third kappa shape index (κ3) is 6.27. The first kappa shape index (κ1) is 18.8. The van der Waals surface area contributed by atoms with Crippen LogP contribution in [-0.4, -0.2) is 25.1 Å². The summed E-state index contributed by atoms with van der Waals surface area (Å²) in [4.78, 5) is 1.45. The molecule has 0 aliphatic carbocycles. The van der Waals surface area contributed by atoms with E-state index in [-0.39, 0.29) is 12.4 Å². The SMILES string of the molecule is CC(COc1ccccc1)[NH+](CCCl)Cc1ccccc1.[Cl-]. The molecule has 2 aromatic carbocycles. The second-order valence-corrected chi connectivity index (χ2v) is 5.66. The minimum atomic E-state index is 0. The number of quaternary nitrogens is 1. The first-order chi connectivity index (χ1) is 10.3. The number of halogens is 2. The van der Waals surface area contributed by atoms with Gasteiger partial charge >= 0.3 is 0 Å². The number of rotatable bonds is 8. The molecule has 2 atom stereocenters. The van der Waals surface area contributed by atoms with Gasteiger partial charge < -0.3 is 22.0 Å². The topological polar surface area (TPSA) is 13.7 Å². The summed E-state index contributed by atoms with van der Waals surface area (Å²) in [6.07, 6.45) is 0. The van der Waals surface area contributed by atoms with Crippen LogP contribution in [0.15, 0.2) is 60.7 Å². The molecule has 0 amide bonds. The van der Waals surface area contributed by atoms with Crippen LogP contribution in [0.4, 0.5) is 0 Å². The van der Waals surface area contributed by atoms with Gasteiger partial charge in [0.25, 0.3) is 0 Å². The van der Waals surface area contributed by atoms with Gasteiger partial charge in [-0.1, -0.05) is 48.5 Å². The van der Waals surface area contributed by atoms with Gasteiger partial charge in [-0.25, -0.2) is 0 Å². The normalized spacial score (nSPS) is 13.0. The fourth-order valence-corrected chi connectivity index (χ4v) is 2.59. The van der Waals surface area contributed by atoms with E-state index in [4.69, 9.17) is 16.3 Å². The van der Waals surface area contributed by atoms with Crippen LogP contribution >= 0.6 is 11.6 Å². The second-order valence-electron chi connectivity index (χ2n) is 5.28. The number of ether oxygens (including phenoxy) is 1. The smallest absolute Gasteiger partial charge is 0.140 e. The highest BCUT2D eigenvalue weighted by molar-refractivity contribution is 6.17. The highest BCUT2D eigenvalue weighted by Crippen LogP contribution is 2.08. The highest BCUT2D eigenvalue weighted by Gasteiger charge is 2.18. The Morgan fingerprint density at radius 3 is 2.18 bits per heavy atom. The second kappa shape index (κ2) is 10.5. The largest absolute Gasteiger partial charge is 1.00 e. The van der Waals surface area contributed by atoms with Crippen molar-refractivity contribution in [2.45, 2.75) is 19.5 Å². The van der Waals surface area contributed by atoms with E-state index in [0.717, 1.165) is 18.8 Å². The molecule has 1 N–H and O–H groups in total. The quantitative estimate of drug-likeness (QED) is 0.656. The minimum Gasteiger partial charge on any atom is -1.00 e. The maximum atomic E-state index is 5.96. The molecule has 2 rings (SSSR count). The molecule has 2 nitrogen and oxygen atoms in total. The van der Waals surface area contributed by atoms with Crippen LogP contribution in [0.1, 0.15) is 12.5 Å². The number of alkyl halides is 1. The van der Waals surface area contributed by atoms with Crippen molar-refractivity contribution >= 4 is 11.6 Å². The number of para-hydroxylation sites is 1. The number of hydrogen-bond acceptors (Lipinski definition) is 1. The van der Waals surface area contributed by atoms with Gasteiger partial charge in [0.2, 0.25) is 0 Å². The Balaban J connectivity index is 0.00000242. The molecular weight excluding hydrogens is 317 g/mol. The van der Waals surface area contributed by atoms with Crippen molar-refractivity contribution in [2.24, 2.45) is 0 Å². The lowest BCUT2D eigenvalue weighted by Gasteiger charge is -2.25. The zero-order valence-electron chi connectivity index (χ0n) is 12.8. The van der Waals surface area contributed by atoms with Crippen LogP contribution in [0.3, 0.4) is 0 Å². The van der Waals surface area contributed by atoms with Gasteiger partial charge in [-0.05, 0) is 19.1 Å². The van der Waals surface area contributed by atoms with Gasteiger partial charge in [0.05, 0.1) is 12.4 Å². The first-order valence-corrected chi connectivity index (χ1v) is 7.95. The Labute approximate surface area is 144 Å². The maximum Gasteiger partial charge on any atom is 0.140 e. The molecule has 2 unspecified atom stereocenters. The van der Waals surface area contributed by atoms with Gasteiger partial charge in [0.15, 0.2) is 0 Å². The molecule has 0 aliphatic rings. The monoisotopic (exact) mass is 339 g/mol. The van der Waals surface area contributed by atoms with Crippen LogP contribution < -0.4 is 22.0 Å². The van der Waals surface area contributed by atoms with Crippen LogP contribution in [0.5, 0.6) is 5.75 Å². The number of benzene rings is 2. The summed E-state index contributed by atoms with van der Waals surface area (Å²) in [7, 11) is 0. The summed E-state index contributed by atoms with van der Waals surface area (Å²) in [6, 6.07) is 20.9. The number of hydrogen-bond donors (Lipinski definition) is 1. The van der Waals surface area contributed by atoms with Gasteiger partial charge in [-0.2, -0.15) is 0 Å². The predicted molar refractivity (Wildman–Crippen MR) is 88.1 cm³/mol. The van der Waals surface area contributed by atoms with Crippen molar-refractivity contribution in [1.29, 1.82) is 0 Å².